The average molecular weight is 587 g/mol. The van der Waals surface area contributed by atoms with Crippen LogP contribution in [0.25, 0.3) is 11.1 Å². The molecule has 43 heavy (non-hydrogen) atoms. The number of hydrogen-bond acceptors (Lipinski definition) is 7. The summed E-state index contributed by atoms with van der Waals surface area (Å²) in [4.78, 5) is 25.8. The molecule has 3 aromatic rings. The van der Waals surface area contributed by atoms with Gasteiger partial charge in [-0.15, -0.1) is 6.58 Å². The third-order valence-electron chi connectivity index (χ3n) is 7.73. The molecular formula is C35H42N2O6. The zero-order chi connectivity index (χ0) is 30.9. The largest absolute Gasteiger partial charge is 0.453 e. The quantitative estimate of drug-likeness (QED) is 0.219. The van der Waals surface area contributed by atoms with Crippen LogP contribution < -0.4 is 5.32 Å². The van der Waals surface area contributed by atoms with Crippen LogP contribution in [0.2, 0.25) is 0 Å². The average Bonchev–Trinajstić information content (AvgIpc) is 3.01. The first-order valence-corrected chi connectivity index (χ1v) is 14.6. The van der Waals surface area contributed by atoms with Crippen LogP contribution in [0.5, 0.6) is 0 Å². The van der Waals surface area contributed by atoms with E-state index in [0.29, 0.717) is 6.54 Å². The second-order valence-corrected chi connectivity index (χ2v) is 11.1. The molecule has 0 aliphatic carbocycles. The van der Waals surface area contributed by atoms with E-state index in [9.17, 15) is 14.7 Å². The summed E-state index contributed by atoms with van der Waals surface area (Å²) in [5, 5.41) is 12.4. The van der Waals surface area contributed by atoms with Gasteiger partial charge in [-0.3, -0.25) is 9.59 Å². The van der Waals surface area contributed by atoms with Crippen molar-refractivity contribution in [3.8, 4) is 11.1 Å². The molecule has 0 unspecified atom stereocenters. The van der Waals surface area contributed by atoms with Crippen molar-refractivity contribution in [3.63, 3.8) is 0 Å². The van der Waals surface area contributed by atoms with Crippen LogP contribution in [0.3, 0.4) is 0 Å². The Morgan fingerprint density at radius 2 is 1.72 bits per heavy atom. The van der Waals surface area contributed by atoms with Crippen molar-refractivity contribution in [2.75, 3.05) is 20.1 Å². The van der Waals surface area contributed by atoms with Gasteiger partial charge in [-0.25, -0.2) is 0 Å². The highest BCUT2D eigenvalue weighted by Crippen LogP contribution is 2.42. The molecule has 4 rings (SSSR count). The van der Waals surface area contributed by atoms with E-state index < -0.39 is 18.4 Å². The van der Waals surface area contributed by atoms with Gasteiger partial charge in [-0.2, -0.15) is 0 Å². The summed E-state index contributed by atoms with van der Waals surface area (Å²) < 4.78 is 18.1. The fourth-order valence-electron chi connectivity index (χ4n) is 5.33. The van der Waals surface area contributed by atoms with Crippen LogP contribution in [0, 0.1) is 5.92 Å². The van der Waals surface area contributed by atoms with E-state index in [0.717, 1.165) is 46.5 Å². The number of nitrogens with zero attached hydrogens (tertiary/aromatic N) is 1. The summed E-state index contributed by atoms with van der Waals surface area (Å²) in [6.07, 6.45) is 0.192. The predicted molar refractivity (Wildman–Crippen MR) is 166 cm³/mol. The van der Waals surface area contributed by atoms with Crippen molar-refractivity contribution >= 4 is 11.9 Å². The molecule has 1 aliphatic heterocycles. The molecule has 0 saturated carbocycles. The molecule has 0 radical (unpaired) electrons. The highest BCUT2D eigenvalue weighted by atomic mass is 16.7. The van der Waals surface area contributed by atoms with Crippen LogP contribution in [0.4, 0.5) is 0 Å². The summed E-state index contributed by atoms with van der Waals surface area (Å²) in [5.41, 5.74) is 5.73. The van der Waals surface area contributed by atoms with Gasteiger partial charge >= 0.3 is 5.97 Å². The number of ether oxygens (including phenoxy) is 3. The van der Waals surface area contributed by atoms with E-state index in [1.165, 1.54) is 6.92 Å². The topological polar surface area (TPSA) is 97.3 Å². The predicted octanol–water partition coefficient (Wildman–Crippen LogP) is 5.32. The maximum absolute atomic E-state index is 12.4. The van der Waals surface area contributed by atoms with Gasteiger partial charge in [0.25, 0.3) is 5.91 Å². The van der Waals surface area contributed by atoms with Crippen LogP contribution >= 0.6 is 0 Å². The summed E-state index contributed by atoms with van der Waals surface area (Å²) in [6.45, 7) is 10.6. The minimum absolute atomic E-state index is 0.00266. The number of esters is 1. The second-order valence-electron chi connectivity index (χ2n) is 11.1. The highest BCUT2D eigenvalue weighted by Gasteiger charge is 2.38. The molecule has 1 aliphatic rings. The molecule has 0 aromatic heterocycles. The number of aliphatic hydroxyl groups is 1. The van der Waals surface area contributed by atoms with Gasteiger partial charge in [0.1, 0.15) is 0 Å². The molecule has 1 heterocycles. The molecule has 228 valence electrons. The zero-order valence-corrected chi connectivity index (χ0v) is 25.4. The third kappa shape index (κ3) is 8.39. The van der Waals surface area contributed by atoms with Gasteiger partial charge in [-0.1, -0.05) is 85.8 Å². The van der Waals surface area contributed by atoms with Gasteiger partial charge in [0.15, 0.2) is 12.4 Å². The van der Waals surface area contributed by atoms with E-state index in [1.807, 2.05) is 78.9 Å². The van der Waals surface area contributed by atoms with Gasteiger partial charge < -0.3 is 29.5 Å². The van der Waals surface area contributed by atoms with Crippen LogP contribution in [0.15, 0.2) is 85.5 Å². The molecule has 5 atom stereocenters. The SMILES string of the molecule is C=CCN(C)C[C@@H]1O[C@H](c2ccc(-c3ccccc3CNC(=O)[C@H](C)OC(C)=O)cc2)O[C@H](c2ccc(CO)cc2)[C@@H]1C. The standard InChI is InChI=1S/C35H42N2O6/c1-6-19-37(5)21-32-23(2)33(28-13-11-26(22-38)12-14-28)43-35(42-32)29-17-15-27(16-18-29)31-10-8-7-9-30(31)20-36-34(40)24(3)41-25(4)39/h6-18,23-24,32-33,35,38H,1,19-22H2,2-5H3,(H,36,40)/t23-,24+,32+,33+,35+/m1/s1. The third-order valence-corrected chi connectivity index (χ3v) is 7.73. The first-order valence-electron chi connectivity index (χ1n) is 14.6. The van der Waals surface area contributed by atoms with E-state index in [2.05, 4.69) is 30.8 Å². The minimum Gasteiger partial charge on any atom is -0.453 e. The van der Waals surface area contributed by atoms with Crippen molar-refractivity contribution in [2.24, 2.45) is 5.92 Å². The Kier molecular flexibility index (Phi) is 11.3. The van der Waals surface area contributed by atoms with Crippen LogP contribution in [0.1, 0.15) is 55.4 Å². The number of benzene rings is 3. The highest BCUT2D eigenvalue weighted by molar-refractivity contribution is 5.83. The summed E-state index contributed by atoms with van der Waals surface area (Å²) in [5.74, 6) is -0.756. The number of amides is 1. The van der Waals surface area contributed by atoms with Crippen LogP contribution in [-0.4, -0.2) is 54.2 Å². The molecule has 0 bridgehead atoms. The van der Waals surface area contributed by atoms with Crippen molar-refractivity contribution in [3.05, 3.63) is 108 Å². The van der Waals surface area contributed by atoms with Crippen molar-refractivity contribution < 1.29 is 28.9 Å². The number of nitrogens with one attached hydrogen (secondary N) is 1. The van der Waals surface area contributed by atoms with Gasteiger partial charge in [0, 0.05) is 38.0 Å². The smallest absolute Gasteiger partial charge is 0.303 e. The molecular weight excluding hydrogens is 544 g/mol. The first kappa shape index (κ1) is 32.1. The van der Waals surface area contributed by atoms with E-state index in [-0.39, 0.29) is 30.6 Å². The van der Waals surface area contributed by atoms with Gasteiger partial charge in [0.05, 0.1) is 18.8 Å². The normalized spacial score (nSPS) is 20.8. The molecule has 8 heteroatoms. The summed E-state index contributed by atoms with van der Waals surface area (Å²) in [6, 6.07) is 23.9. The van der Waals surface area contributed by atoms with Crippen LogP contribution in [-0.2, 0) is 37.0 Å². The summed E-state index contributed by atoms with van der Waals surface area (Å²) in [7, 11) is 2.05. The fraction of sp³-hybridized carbons (Fsp3) is 0.371. The van der Waals surface area contributed by atoms with Gasteiger partial charge in [-0.05, 0) is 41.8 Å². The number of carbonyl (C=O) groups excluding carboxylic acids is 2. The second kappa shape index (κ2) is 15.1. The van der Waals surface area contributed by atoms with Gasteiger partial charge in [0.2, 0.25) is 0 Å². The minimum atomic E-state index is -0.862. The summed E-state index contributed by atoms with van der Waals surface area (Å²) >= 11 is 0. The fourth-order valence-corrected chi connectivity index (χ4v) is 5.33. The Bertz CT molecular complexity index is 1370. The maximum atomic E-state index is 12.4. The van der Waals surface area contributed by atoms with E-state index in [4.69, 9.17) is 14.2 Å². The lowest BCUT2D eigenvalue weighted by Gasteiger charge is -2.42. The van der Waals surface area contributed by atoms with Crippen molar-refractivity contribution in [2.45, 2.75) is 58.5 Å². The first-order chi connectivity index (χ1) is 20.7. The van der Waals surface area contributed by atoms with Crippen molar-refractivity contribution in [1.82, 2.24) is 10.2 Å². The van der Waals surface area contributed by atoms with Crippen molar-refractivity contribution in [1.29, 1.82) is 0 Å². The lowest BCUT2D eigenvalue weighted by atomic mass is 9.90. The lowest BCUT2D eigenvalue weighted by Crippen LogP contribution is -2.43. The Labute approximate surface area is 254 Å². The zero-order valence-electron chi connectivity index (χ0n) is 25.4. The molecule has 1 amide bonds. The molecule has 8 nitrogen and oxygen atoms in total. The number of hydrogen-bond donors (Lipinski definition) is 2. The lowest BCUT2D eigenvalue weighted by molar-refractivity contribution is -0.275. The number of likely N-dealkylation sites (N-methyl/N-ethyl adjacent to an activating group) is 1. The molecule has 1 fully saturated rings. The monoisotopic (exact) mass is 586 g/mol. The Balaban J connectivity index is 1.54. The molecule has 1 saturated heterocycles. The van der Waals surface area contributed by atoms with E-state index >= 15 is 0 Å². The van der Waals surface area contributed by atoms with E-state index in [1.54, 1.807) is 6.92 Å². The Morgan fingerprint density at radius 3 is 2.37 bits per heavy atom. The number of carbonyl (C=O) groups is 2. The molecule has 3 aromatic carbocycles. The molecule has 0 spiro atoms. The molecule has 2 N–H and O–H groups in total. The Morgan fingerprint density at radius 1 is 1.05 bits per heavy atom. The maximum Gasteiger partial charge on any atom is 0.303 e. The number of aliphatic hydroxyl groups excluding tert-OH is 1. The number of rotatable bonds is 12. The Hall–Kier alpha value is -3.82.